The molecule has 1 aliphatic heterocycles. The van der Waals surface area contributed by atoms with Gasteiger partial charge in [0, 0.05) is 6.61 Å². The first-order chi connectivity index (χ1) is 9.65. The van der Waals surface area contributed by atoms with Crippen molar-refractivity contribution in [1.29, 1.82) is 0 Å². The number of carbonyl (C=O) groups is 1. The Kier molecular flexibility index (Phi) is 5.09. The number of hydrogen-bond donors (Lipinski definition) is 1. The van der Waals surface area contributed by atoms with Gasteiger partial charge >= 0.3 is 5.97 Å². The summed E-state index contributed by atoms with van der Waals surface area (Å²) < 4.78 is 17.9. The molecule has 2 rings (SSSR count). The summed E-state index contributed by atoms with van der Waals surface area (Å²) in [6.45, 7) is 1.64. The van der Waals surface area contributed by atoms with E-state index in [0.717, 1.165) is 31.5 Å². The van der Waals surface area contributed by atoms with Gasteiger partial charge in [0.2, 0.25) is 0 Å². The highest BCUT2D eigenvalue weighted by atomic mass is 19.1. The van der Waals surface area contributed by atoms with E-state index in [4.69, 9.17) is 9.84 Å². The van der Waals surface area contributed by atoms with Gasteiger partial charge in [-0.05, 0) is 49.5 Å². The fourth-order valence-electron chi connectivity index (χ4n) is 2.65. The van der Waals surface area contributed by atoms with Crippen molar-refractivity contribution in [2.45, 2.75) is 18.9 Å². The van der Waals surface area contributed by atoms with E-state index in [-0.39, 0.29) is 18.4 Å². The third-order valence-corrected chi connectivity index (χ3v) is 3.88. The topological polar surface area (TPSA) is 49.8 Å². The second-order valence-electron chi connectivity index (χ2n) is 5.14. The van der Waals surface area contributed by atoms with E-state index in [2.05, 4.69) is 0 Å². The normalized spacial score (nSPS) is 18.8. The maximum atomic E-state index is 13.0. The molecule has 20 heavy (non-hydrogen) atoms. The van der Waals surface area contributed by atoms with Crippen LogP contribution in [0.15, 0.2) is 24.3 Å². The molecular formula is C15H20FNO3. The number of hydrogen-bond acceptors (Lipinski definition) is 4. The van der Waals surface area contributed by atoms with Crippen LogP contribution >= 0.6 is 0 Å². The van der Waals surface area contributed by atoms with Crippen molar-refractivity contribution in [2.24, 2.45) is 5.92 Å². The summed E-state index contributed by atoms with van der Waals surface area (Å²) >= 11 is 0. The second kappa shape index (κ2) is 6.81. The van der Waals surface area contributed by atoms with Crippen LogP contribution in [0, 0.1) is 11.7 Å². The maximum Gasteiger partial charge on any atom is 0.327 e. The van der Waals surface area contributed by atoms with Crippen LogP contribution in [0.4, 0.5) is 4.39 Å². The van der Waals surface area contributed by atoms with Gasteiger partial charge in [0.1, 0.15) is 11.9 Å². The van der Waals surface area contributed by atoms with Crippen LogP contribution in [0.3, 0.4) is 0 Å². The number of esters is 1. The van der Waals surface area contributed by atoms with Gasteiger partial charge in [0.25, 0.3) is 0 Å². The Labute approximate surface area is 118 Å². The molecule has 1 fully saturated rings. The molecule has 0 amide bonds. The fraction of sp³-hybridized carbons (Fsp3) is 0.533. The Bertz CT molecular complexity index is 441. The molecule has 0 aromatic heterocycles. The van der Waals surface area contributed by atoms with Crippen LogP contribution in [0.25, 0.3) is 0 Å². The van der Waals surface area contributed by atoms with Crippen LogP contribution in [-0.2, 0) is 9.53 Å². The molecule has 1 heterocycles. The lowest BCUT2D eigenvalue weighted by Crippen LogP contribution is -2.41. The number of piperidine rings is 1. The van der Waals surface area contributed by atoms with Crippen molar-refractivity contribution < 1.29 is 19.0 Å². The zero-order chi connectivity index (χ0) is 14.5. The fourth-order valence-corrected chi connectivity index (χ4v) is 2.65. The number of rotatable bonds is 4. The second-order valence-corrected chi connectivity index (χ2v) is 5.14. The highest BCUT2D eigenvalue weighted by Gasteiger charge is 2.31. The number of carbonyl (C=O) groups excluding carboxylic acids is 1. The molecule has 1 saturated heterocycles. The van der Waals surface area contributed by atoms with Gasteiger partial charge in [-0.25, -0.2) is 9.18 Å². The summed E-state index contributed by atoms with van der Waals surface area (Å²) in [7, 11) is 1.36. The third kappa shape index (κ3) is 3.35. The Balaban J connectivity index is 2.16. The largest absolute Gasteiger partial charge is 0.468 e. The molecule has 1 aromatic rings. The summed E-state index contributed by atoms with van der Waals surface area (Å²) in [5.74, 6) is -0.354. The third-order valence-electron chi connectivity index (χ3n) is 3.88. The molecule has 1 unspecified atom stereocenters. The van der Waals surface area contributed by atoms with Gasteiger partial charge < -0.3 is 9.84 Å². The lowest BCUT2D eigenvalue weighted by molar-refractivity contribution is -0.148. The monoisotopic (exact) mass is 281 g/mol. The van der Waals surface area contributed by atoms with E-state index < -0.39 is 6.04 Å². The summed E-state index contributed by atoms with van der Waals surface area (Å²) in [5.41, 5.74) is 0.737. The van der Waals surface area contributed by atoms with Gasteiger partial charge in [-0.1, -0.05) is 12.1 Å². The van der Waals surface area contributed by atoms with Crippen molar-refractivity contribution in [2.75, 3.05) is 26.8 Å². The molecule has 0 aliphatic carbocycles. The molecule has 1 aromatic carbocycles. The van der Waals surface area contributed by atoms with Gasteiger partial charge in [0.15, 0.2) is 0 Å². The van der Waals surface area contributed by atoms with E-state index in [0.29, 0.717) is 5.92 Å². The van der Waals surface area contributed by atoms with Crippen molar-refractivity contribution >= 4 is 5.97 Å². The molecule has 110 valence electrons. The quantitative estimate of drug-likeness (QED) is 0.854. The van der Waals surface area contributed by atoms with E-state index in [1.54, 1.807) is 12.1 Å². The molecule has 0 spiro atoms. The standard InChI is InChI=1S/C15H20FNO3/c1-20-15(19)14(12-2-4-13(16)5-3-12)17-8-6-11(10-18)7-9-17/h2-5,11,14,18H,6-10H2,1H3. The van der Waals surface area contributed by atoms with Crippen LogP contribution in [0.2, 0.25) is 0 Å². The zero-order valence-electron chi connectivity index (χ0n) is 11.6. The number of benzene rings is 1. The highest BCUT2D eigenvalue weighted by Crippen LogP contribution is 2.28. The molecular weight excluding hydrogens is 261 g/mol. The number of ether oxygens (including phenoxy) is 1. The van der Waals surface area contributed by atoms with Crippen molar-refractivity contribution in [3.63, 3.8) is 0 Å². The predicted molar refractivity (Wildman–Crippen MR) is 72.5 cm³/mol. The molecule has 0 bridgehead atoms. The molecule has 4 nitrogen and oxygen atoms in total. The minimum Gasteiger partial charge on any atom is -0.468 e. The number of methoxy groups -OCH3 is 1. The molecule has 0 radical (unpaired) electrons. The zero-order valence-corrected chi connectivity index (χ0v) is 11.6. The summed E-state index contributed by atoms with van der Waals surface area (Å²) in [6.07, 6.45) is 1.70. The number of likely N-dealkylation sites (tertiary alicyclic amines) is 1. The van der Waals surface area contributed by atoms with E-state index in [9.17, 15) is 9.18 Å². The SMILES string of the molecule is COC(=O)C(c1ccc(F)cc1)N1CCC(CO)CC1. The Morgan fingerprint density at radius 1 is 1.40 bits per heavy atom. The van der Waals surface area contributed by atoms with E-state index in [1.807, 2.05) is 4.90 Å². The molecule has 5 heteroatoms. The first-order valence-electron chi connectivity index (χ1n) is 6.84. The summed E-state index contributed by atoms with van der Waals surface area (Å²) in [4.78, 5) is 14.1. The average Bonchev–Trinajstić information content (AvgIpc) is 2.50. The number of aliphatic hydroxyl groups excluding tert-OH is 1. The molecule has 1 atom stereocenters. The smallest absolute Gasteiger partial charge is 0.327 e. The minimum absolute atomic E-state index is 0.188. The lowest BCUT2D eigenvalue weighted by atomic mass is 9.95. The molecule has 1 N–H and O–H groups in total. The highest BCUT2D eigenvalue weighted by molar-refractivity contribution is 5.77. The lowest BCUT2D eigenvalue weighted by Gasteiger charge is -2.35. The van der Waals surface area contributed by atoms with Crippen molar-refractivity contribution in [3.8, 4) is 0 Å². The Hall–Kier alpha value is -1.46. The summed E-state index contributed by atoms with van der Waals surface area (Å²) in [5, 5.41) is 9.17. The van der Waals surface area contributed by atoms with Gasteiger partial charge in [-0.15, -0.1) is 0 Å². The first-order valence-corrected chi connectivity index (χ1v) is 6.84. The van der Waals surface area contributed by atoms with E-state index in [1.165, 1.54) is 19.2 Å². The van der Waals surface area contributed by atoms with Crippen LogP contribution < -0.4 is 0 Å². The van der Waals surface area contributed by atoms with Crippen molar-refractivity contribution in [1.82, 2.24) is 4.90 Å². The average molecular weight is 281 g/mol. The van der Waals surface area contributed by atoms with Crippen molar-refractivity contribution in [3.05, 3.63) is 35.6 Å². The van der Waals surface area contributed by atoms with Gasteiger partial charge in [-0.2, -0.15) is 0 Å². The Morgan fingerprint density at radius 2 is 2.00 bits per heavy atom. The molecule has 1 aliphatic rings. The van der Waals surface area contributed by atoms with Crippen LogP contribution in [0.5, 0.6) is 0 Å². The summed E-state index contributed by atoms with van der Waals surface area (Å²) in [6, 6.07) is 5.45. The van der Waals surface area contributed by atoms with Crippen LogP contribution in [0.1, 0.15) is 24.4 Å². The maximum absolute atomic E-state index is 13.0. The number of halogens is 1. The first kappa shape index (κ1) is 14.9. The van der Waals surface area contributed by atoms with Gasteiger partial charge in [-0.3, -0.25) is 4.90 Å². The minimum atomic E-state index is -0.500. The number of aliphatic hydroxyl groups is 1. The van der Waals surface area contributed by atoms with E-state index >= 15 is 0 Å². The number of nitrogens with zero attached hydrogens (tertiary/aromatic N) is 1. The molecule has 0 saturated carbocycles. The van der Waals surface area contributed by atoms with Crippen LogP contribution in [-0.4, -0.2) is 42.8 Å². The Morgan fingerprint density at radius 3 is 2.50 bits per heavy atom. The van der Waals surface area contributed by atoms with Gasteiger partial charge in [0.05, 0.1) is 7.11 Å². The predicted octanol–water partition coefficient (Wildman–Crippen LogP) is 1.74.